The fourth-order valence-corrected chi connectivity index (χ4v) is 2.98. The van der Waals surface area contributed by atoms with Crippen molar-refractivity contribution >= 4 is 23.2 Å². The third-order valence-electron chi connectivity index (χ3n) is 4.13. The molecule has 1 aromatic rings. The van der Waals surface area contributed by atoms with Crippen molar-refractivity contribution in [3.8, 4) is 0 Å². The average Bonchev–Trinajstić information content (AvgIpc) is 2.46. The van der Waals surface area contributed by atoms with Gasteiger partial charge < -0.3 is 16.2 Å². The molecular formula is C15H21ClN2O2. The van der Waals surface area contributed by atoms with E-state index in [1.807, 2.05) is 0 Å². The van der Waals surface area contributed by atoms with Gasteiger partial charge in [-0.25, -0.2) is 0 Å². The first kappa shape index (κ1) is 15.1. The summed E-state index contributed by atoms with van der Waals surface area (Å²) in [5.74, 6) is -0.211. The van der Waals surface area contributed by atoms with Gasteiger partial charge in [-0.15, -0.1) is 0 Å². The highest BCUT2D eigenvalue weighted by atomic mass is 35.5. The molecule has 4 nitrogen and oxygen atoms in total. The molecule has 0 heterocycles. The van der Waals surface area contributed by atoms with Gasteiger partial charge in [0, 0.05) is 22.7 Å². The number of aliphatic hydroxyl groups is 1. The number of halogens is 1. The monoisotopic (exact) mass is 296 g/mol. The minimum absolute atomic E-state index is 0.114. The SMILES string of the molecule is Nc1cc(Cl)ccc1C(=O)NCC1(CO)CCCCC1. The van der Waals surface area contributed by atoms with Crippen molar-refractivity contribution in [1.82, 2.24) is 5.32 Å². The molecule has 1 amide bonds. The first-order valence-corrected chi connectivity index (χ1v) is 7.38. The van der Waals surface area contributed by atoms with Gasteiger partial charge in [0.1, 0.15) is 0 Å². The standard InChI is InChI=1S/C15H21ClN2O2/c16-11-4-5-12(13(17)8-11)14(20)18-9-15(10-19)6-2-1-3-7-15/h4-5,8,19H,1-3,6-7,9-10,17H2,(H,18,20). The lowest BCUT2D eigenvalue weighted by molar-refractivity contribution is 0.0718. The van der Waals surface area contributed by atoms with Gasteiger partial charge in [0.25, 0.3) is 5.91 Å². The molecule has 2 rings (SSSR count). The van der Waals surface area contributed by atoms with Crippen molar-refractivity contribution in [3.63, 3.8) is 0 Å². The lowest BCUT2D eigenvalue weighted by Gasteiger charge is -2.35. The Morgan fingerprint density at radius 3 is 2.65 bits per heavy atom. The van der Waals surface area contributed by atoms with Crippen LogP contribution in [0.25, 0.3) is 0 Å². The zero-order chi connectivity index (χ0) is 14.6. The average molecular weight is 297 g/mol. The van der Waals surface area contributed by atoms with Crippen LogP contribution in [0, 0.1) is 5.41 Å². The van der Waals surface area contributed by atoms with Gasteiger partial charge in [-0.2, -0.15) is 0 Å². The predicted octanol–water partition coefficient (Wildman–Crippen LogP) is 2.59. The summed E-state index contributed by atoms with van der Waals surface area (Å²) in [6.45, 7) is 0.605. The van der Waals surface area contributed by atoms with E-state index in [1.54, 1.807) is 18.2 Å². The maximum Gasteiger partial charge on any atom is 0.253 e. The zero-order valence-electron chi connectivity index (χ0n) is 11.5. The number of anilines is 1. The van der Waals surface area contributed by atoms with E-state index in [1.165, 1.54) is 6.42 Å². The van der Waals surface area contributed by atoms with E-state index in [4.69, 9.17) is 17.3 Å². The molecule has 0 radical (unpaired) electrons. The van der Waals surface area contributed by atoms with Crippen LogP contribution in [0.3, 0.4) is 0 Å². The Kier molecular flexibility index (Phi) is 4.89. The van der Waals surface area contributed by atoms with E-state index in [0.717, 1.165) is 25.7 Å². The molecule has 1 saturated carbocycles. The van der Waals surface area contributed by atoms with Gasteiger partial charge in [-0.05, 0) is 31.0 Å². The van der Waals surface area contributed by atoms with Crippen molar-refractivity contribution in [3.05, 3.63) is 28.8 Å². The topological polar surface area (TPSA) is 75.4 Å². The number of aliphatic hydroxyl groups excluding tert-OH is 1. The van der Waals surface area contributed by atoms with Gasteiger partial charge in [0.05, 0.1) is 12.2 Å². The summed E-state index contributed by atoms with van der Waals surface area (Å²) in [5, 5.41) is 13.0. The number of nitrogens with one attached hydrogen (secondary N) is 1. The molecule has 0 atom stereocenters. The van der Waals surface area contributed by atoms with Crippen LogP contribution >= 0.6 is 11.6 Å². The fraction of sp³-hybridized carbons (Fsp3) is 0.533. The Morgan fingerprint density at radius 1 is 1.35 bits per heavy atom. The molecule has 1 aliphatic carbocycles. The minimum Gasteiger partial charge on any atom is -0.398 e. The zero-order valence-corrected chi connectivity index (χ0v) is 12.2. The largest absolute Gasteiger partial charge is 0.398 e. The maximum absolute atomic E-state index is 12.2. The van der Waals surface area contributed by atoms with Crippen LogP contribution in [-0.4, -0.2) is 24.2 Å². The number of hydrogen-bond donors (Lipinski definition) is 3. The van der Waals surface area contributed by atoms with Crippen LogP contribution in [0.2, 0.25) is 5.02 Å². The summed E-state index contributed by atoms with van der Waals surface area (Å²) in [6.07, 6.45) is 5.35. The minimum atomic E-state index is -0.211. The van der Waals surface area contributed by atoms with E-state index in [-0.39, 0.29) is 17.9 Å². The van der Waals surface area contributed by atoms with E-state index in [0.29, 0.717) is 22.8 Å². The summed E-state index contributed by atoms with van der Waals surface area (Å²) in [7, 11) is 0. The number of hydrogen-bond acceptors (Lipinski definition) is 3. The third kappa shape index (κ3) is 3.44. The van der Waals surface area contributed by atoms with E-state index < -0.39 is 0 Å². The van der Waals surface area contributed by atoms with Crippen molar-refractivity contribution in [1.29, 1.82) is 0 Å². The van der Waals surface area contributed by atoms with E-state index in [9.17, 15) is 9.90 Å². The molecule has 5 heteroatoms. The van der Waals surface area contributed by atoms with Crippen LogP contribution in [0.5, 0.6) is 0 Å². The number of carbonyl (C=O) groups is 1. The van der Waals surface area contributed by atoms with Crippen LogP contribution in [0.15, 0.2) is 18.2 Å². The van der Waals surface area contributed by atoms with Crippen LogP contribution in [0.4, 0.5) is 5.69 Å². The molecule has 1 aromatic carbocycles. The Balaban J connectivity index is 2.00. The van der Waals surface area contributed by atoms with Crippen LogP contribution in [-0.2, 0) is 0 Å². The van der Waals surface area contributed by atoms with E-state index in [2.05, 4.69) is 5.32 Å². The van der Waals surface area contributed by atoms with Gasteiger partial charge in [0.15, 0.2) is 0 Å². The molecule has 1 aliphatic rings. The first-order chi connectivity index (χ1) is 9.56. The Labute approximate surface area is 124 Å². The lowest BCUT2D eigenvalue weighted by atomic mass is 9.74. The molecule has 4 N–H and O–H groups in total. The Morgan fingerprint density at radius 2 is 2.05 bits per heavy atom. The summed E-state index contributed by atoms with van der Waals surface area (Å²) < 4.78 is 0. The van der Waals surface area contributed by atoms with Crippen LogP contribution in [0.1, 0.15) is 42.5 Å². The highest BCUT2D eigenvalue weighted by Gasteiger charge is 2.31. The van der Waals surface area contributed by atoms with Crippen molar-refractivity contribution < 1.29 is 9.90 Å². The van der Waals surface area contributed by atoms with Gasteiger partial charge in [0.2, 0.25) is 0 Å². The number of amides is 1. The van der Waals surface area contributed by atoms with E-state index >= 15 is 0 Å². The van der Waals surface area contributed by atoms with Crippen LogP contribution < -0.4 is 11.1 Å². The summed E-state index contributed by atoms with van der Waals surface area (Å²) in [6, 6.07) is 4.84. The molecule has 20 heavy (non-hydrogen) atoms. The highest BCUT2D eigenvalue weighted by molar-refractivity contribution is 6.31. The van der Waals surface area contributed by atoms with Crippen molar-refractivity contribution in [2.45, 2.75) is 32.1 Å². The molecule has 110 valence electrons. The Bertz CT molecular complexity index is 485. The number of benzene rings is 1. The molecule has 0 bridgehead atoms. The predicted molar refractivity (Wildman–Crippen MR) is 80.8 cm³/mol. The van der Waals surface area contributed by atoms with Gasteiger partial charge in [-0.1, -0.05) is 30.9 Å². The molecule has 0 spiro atoms. The molecule has 1 fully saturated rings. The Hall–Kier alpha value is -1.26. The quantitative estimate of drug-likeness (QED) is 0.748. The molecule has 0 aromatic heterocycles. The summed E-state index contributed by atoms with van der Waals surface area (Å²) >= 11 is 5.82. The first-order valence-electron chi connectivity index (χ1n) is 7.00. The molecule has 0 aliphatic heterocycles. The second-order valence-corrected chi connectivity index (χ2v) is 6.07. The molecule has 0 saturated heterocycles. The fourth-order valence-electron chi connectivity index (χ4n) is 2.80. The smallest absolute Gasteiger partial charge is 0.253 e. The molecule has 0 unspecified atom stereocenters. The highest BCUT2D eigenvalue weighted by Crippen LogP contribution is 2.35. The normalized spacial score (nSPS) is 17.7. The number of nitrogens with two attached hydrogens (primary N) is 1. The third-order valence-corrected chi connectivity index (χ3v) is 4.37. The number of nitrogen functional groups attached to an aromatic ring is 1. The number of rotatable bonds is 4. The number of carbonyl (C=O) groups excluding carboxylic acids is 1. The summed E-state index contributed by atoms with van der Waals surface area (Å²) in [5.41, 5.74) is 6.43. The van der Waals surface area contributed by atoms with Gasteiger partial charge in [-0.3, -0.25) is 4.79 Å². The molecular weight excluding hydrogens is 276 g/mol. The van der Waals surface area contributed by atoms with Crippen molar-refractivity contribution in [2.75, 3.05) is 18.9 Å². The van der Waals surface area contributed by atoms with Crippen molar-refractivity contribution in [2.24, 2.45) is 5.41 Å². The second-order valence-electron chi connectivity index (χ2n) is 5.63. The summed E-state index contributed by atoms with van der Waals surface area (Å²) in [4.78, 5) is 12.2. The maximum atomic E-state index is 12.2. The van der Waals surface area contributed by atoms with Gasteiger partial charge >= 0.3 is 0 Å². The lowest BCUT2D eigenvalue weighted by Crippen LogP contribution is -2.41. The second kappa shape index (κ2) is 6.46.